The zero-order valence-electron chi connectivity index (χ0n) is 13.0. The SMILES string of the molecule is CC(=O)Nc1ccc(NC(=O)Nc2ccc(C(F)(F)F)cc2)cc1.Cl. The second-order valence-electron chi connectivity index (χ2n) is 4.91. The van der Waals surface area contributed by atoms with Gasteiger partial charge in [-0.1, -0.05) is 0 Å². The van der Waals surface area contributed by atoms with E-state index in [1.165, 1.54) is 19.1 Å². The molecule has 0 bridgehead atoms. The maximum atomic E-state index is 12.5. The first kappa shape index (κ1) is 20.3. The molecule has 3 N–H and O–H groups in total. The van der Waals surface area contributed by atoms with E-state index >= 15 is 0 Å². The average molecular weight is 374 g/mol. The summed E-state index contributed by atoms with van der Waals surface area (Å²) in [7, 11) is 0. The number of benzene rings is 2. The highest BCUT2D eigenvalue weighted by molar-refractivity contribution is 6.00. The second kappa shape index (κ2) is 8.39. The third-order valence-electron chi connectivity index (χ3n) is 2.93. The Hall–Kier alpha value is -2.74. The summed E-state index contributed by atoms with van der Waals surface area (Å²) in [6.07, 6.45) is -4.42. The molecule has 9 heteroatoms. The number of alkyl halides is 3. The van der Waals surface area contributed by atoms with E-state index in [4.69, 9.17) is 0 Å². The van der Waals surface area contributed by atoms with Crippen LogP contribution in [0.4, 0.5) is 35.0 Å². The van der Waals surface area contributed by atoms with Crippen LogP contribution in [-0.4, -0.2) is 11.9 Å². The van der Waals surface area contributed by atoms with Crippen molar-refractivity contribution in [1.82, 2.24) is 0 Å². The zero-order valence-corrected chi connectivity index (χ0v) is 13.8. The Morgan fingerprint density at radius 2 is 1.12 bits per heavy atom. The summed E-state index contributed by atoms with van der Waals surface area (Å²) >= 11 is 0. The summed E-state index contributed by atoms with van der Waals surface area (Å²) in [6, 6.07) is 9.89. The Morgan fingerprint density at radius 1 is 0.760 bits per heavy atom. The van der Waals surface area contributed by atoms with Gasteiger partial charge in [0.1, 0.15) is 0 Å². The van der Waals surface area contributed by atoms with Crippen LogP contribution < -0.4 is 16.0 Å². The van der Waals surface area contributed by atoms with Crippen LogP contribution in [-0.2, 0) is 11.0 Å². The normalized spacial score (nSPS) is 10.4. The molecule has 134 valence electrons. The van der Waals surface area contributed by atoms with Gasteiger partial charge < -0.3 is 16.0 Å². The van der Waals surface area contributed by atoms with Crippen LogP contribution in [0.3, 0.4) is 0 Å². The van der Waals surface area contributed by atoms with Crippen LogP contribution in [0.5, 0.6) is 0 Å². The Balaban J connectivity index is 0.00000312. The first-order valence-electron chi connectivity index (χ1n) is 6.87. The number of urea groups is 1. The first-order chi connectivity index (χ1) is 11.2. The van der Waals surface area contributed by atoms with Gasteiger partial charge in [0, 0.05) is 24.0 Å². The molecule has 0 aliphatic carbocycles. The van der Waals surface area contributed by atoms with Crippen molar-refractivity contribution >= 4 is 41.4 Å². The molecule has 0 radical (unpaired) electrons. The highest BCUT2D eigenvalue weighted by Gasteiger charge is 2.29. The van der Waals surface area contributed by atoms with Crippen molar-refractivity contribution in [3.05, 3.63) is 54.1 Å². The van der Waals surface area contributed by atoms with Crippen LogP contribution in [0.15, 0.2) is 48.5 Å². The predicted octanol–water partition coefficient (Wildman–Crippen LogP) is 4.73. The molecular weight excluding hydrogens is 359 g/mol. The fraction of sp³-hybridized carbons (Fsp3) is 0.125. The number of anilines is 3. The third kappa shape index (κ3) is 6.34. The van der Waals surface area contributed by atoms with Crippen molar-refractivity contribution in [2.75, 3.05) is 16.0 Å². The van der Waals surface area contributed by atoms with Crippen molar-refractivity contribution in [2.45, 2.75) is 13.1 Å². The number of hydrogen-bond donors (Lipinski definition) is 3. The fourth-order valence-electron chi connectivity index (χ4n) is 1.88. The van der Waals surface area contributed by atoms with Crippen LogP contribution >= 0.6 is 12.4 Å². The first-order valence-corrected chi connectivity index (χ1v) is 6.87. The largest absolute Gasteiger partial charge is 0.416 e. The molecule has 0 fully saturated rings. The van der Waals surface area contributed by atoms with Crippen molar-refractivity contribution in [1.29, 1.82) is 0 Å². The average Bonchev–Trinajstić information content (AvgIpc) is 2.48. The van der Waals surface area contributed by atoms with Gasteiger partial charge in [-0.2, -0.15) is 13.2 Å². The van der Waals surface area contributed by atoms with E-state index in [-0.39, 0.29) is 24.0 Å². The maximum absolute atomic E-state index is 12.5. The second-order valence-corrected chi connectivity index (χ2v) is 4.91. The van der Waals surface area contributed by atoms with Crippen LogP contribution in [0.1, 0.15) is 12.5 Å². The minimum Gasteiger partial charge on any atom is -0.326 e. The number of hydrogen-bond acceptors (Lipinski definition) is 2. The molecule has 5 nitrogen and oxygen atoms in total. The minimum absolute atomic E-state index is 0. The number of nitrogens with one attached hydrogen (secondary N) is 3. The van der Waals surface area contributed by atoms with Gasteiger partial charge in [0.25, 0.3) is 0 Å². The predicted molar refractivity (Wildman–Crippen MR) is 92.1 cm³/mol. The lowest BCUT2D eigenvalue weighted by Gasteiger charge is -2.10. The molecule has 0 aliphatic heterocycles. The van der Waals surface area contributed by atoms with Gasteiger partial charge in [-0.05, 0) is 48.5 Å². The number of amides is 3. The number of halogens is 4. The maximum Gasteiger partial charge on any atom is 0.416 e. The van der Waals surface area contributed by atoms with Gasteiger partial charge in [0.15, 0.2) is 0 Å². The zero-order chi connectivity index (χ0) is 17.7. The number of carbonyl (C=O) groups excluding carboxylic acids is 2. The fourth-order valence-corrected chi connectivity index (χ4v) is 1.88. The summed E-state index contributed by atoms with van der Waals surface area (Å²) in [4.78, 5) is 22.7. The lowest BCUT2D eigenvalue weighted by molar-refractivity contribution is -0.137. The molecule has 0 heterocycles. The van der Waals surface area contributed by atoms with Crippen LogP contribution in [0, 0.1) is 0 Å². The van der Waals surface area contributed by atoms with E-state index in [0.717, 1.165) is 12.1 Å². The molecule has 0 unspecified atom stereocenters. The summed E-state index contributed by atoms with van der Waals surface area (Å²) in [5.41, 5.74) is 0.488. The summed E-state index contributed by atoms with van der Waals surface area (Å²) in [6.45, 7) is 1.38. The molecule has 2 aromatic carbocycles. The highest BCUT2D eigenvalue weighted by atomic mass is 35.5. The smallest absolute Gasteiger partial charge is 0.326 e. The molecule has 0 spiro atoms. The van der Waals surface area contributed by atoms with Crippen LogP contribution in [0.2, 0.25) is 0 Å². The Kier molecular flexibility index (Phi) is 6.81. The Bertz CT molecular complexity index is 732. The monoisotopic (exact) mass is 373 g/mol. The van der Waals surface area contributed by atoms with Gasteiger partial charge in [0.2, 0.25) is 5.91 Å². The summed E-state index contributed by atoms with van der Waals surface area (Å²) < 4.78 is 37.4. The molecule has 0 atom stereocenters. The van der Waals surface area contributed by atoms with Gasteiger partial charge in [-0.25, -0.2) is 4.79 Å². The lowest BCUT2D eigenvalue weighted by atomic mass is 10.2. The Labute approximate surface area is 148 Å². The van der Waals surface area contributed by atoms with E-state index < -0.39 is 17.8 Å². The van der Waals surface area contributed by atoms with Gasteiger partial charge in [0.05, 0.1) is 5.56 Å². The molecule has 2 rings (SSSR count). The lowest BCUT2D eigenvalue weighted by Crippen LogP contribution is -2.19. The summed E-state index contributed by atoms with van der Waals surface area (Å²) in [5, 5.41) is 7.54. The quantitative estimate of drug-likeness (QED) is 0.728. The van der Waals surface area contributed by atoms with Crippen molar-refractivity contribution in [2.24, 2.45) is 0 Å². The highest BCUT2D eigenvalue weighted by Crippen LogP contribution is 2.29. The van der Waals surface area contributed by atoms with E-state index in [9.17, 15) is 22.8 Å². The Morgan fingerprint density at radius 3 is 1.48 bits per heavy atom. The summed E-state index contributed by atoms with van der Waals surface area (Å²) in [5.74, 6) is -0.212. The standard InChI is InChI=1S/C16H14F3N3O2.ClH/c1-10(23)20-12-6-8-14(9-7-12)22-15(24)21-13-4-2-11(3-5-13)16(17,18)19;/h2-9H,1H3,(H,20,23)(H2,21,22,24);1H. The van der Waals surface area contributed by atoms with Crippen molar-refractivity contribution < 1.29 is 22.8 Å². The molecule has 0 saturated heterocycles. The molecular formula is C16H15ClF3N3O2. The molecule has 3 amide bonds. The van der Waals surface area contributed by atoms with E-state index in [0.29, 0.717) is 11.4 Å². The van der Waals surface area contributed by atoms with E-state index in [1.807, 2.05) is 0 Å². The molecule has 0 aromatic heterocycles. The van der Waals surface area contributed by atoms with Gasteiger partial charge in [-0.15, -0.1) is 12.4 Å². The molecule has 2 aromatic rings. The molecule has 0 aliphatic rings. The molecule has 0 saturated carbocycles. The topological polar surface area (TPSA) is 70.2 Å². The minimum atomic E-state index is -4.42. The number of carbonyl (C=O) groups is 2. The van der Waals surface area contributed by atoms with Gasteiger partial charge in [-0.3, -0.25) is 4.79 Å². The van der Waals surface area contributed by atoms with Gasteiger partial charge >= 0.3 is 12.2 Å². The van der Waals surface area contributed by atoms with Crippen LogP contribution in [0.25, 0.3) is 0 Å². The van der Waals surface area contributed by atoms with E-state index in [1.54, 1.807) is 24.3 Å². The number of rotatable bonds is 3. The third-order valence-corrected chi connectivity index (χ3v) is 2.93. The van der Waals surface area contributed by atoms with Crippen molar-refractivity contribution in [3.8, 4) is 0 Å². The van der Waals surface area contributed by atoms with Crippen molar-refractivity contribution in [3.63, 3.8) is 0 Å². The van der Waals surface area contributed by atoms with E-state index in [2.05, 4.69) is 16.0 Å². The molecule has 25 heavy (non-hydrogen) atoms.